The molecule has 6 nitrogen and oxygen atoms in total. The van der Waals surface area contributed by atoms with Gasteiger partial charge in [0.2, 0.25) is 0 Å². The van der Waals surface area contributed by atoms with Crippen LogP contribution in [0.25, 0.3) is 0 Å². The number of thioether (sulfide) groups is 1. The second-order valence-electron chi connectivity index (χ2n) is 7.99. The maximum atomic E-state index is 14.4. The number of rotatable bonds is 11. The van der Waals surface area contributed by atoms with E-state index in [4.69, 9.17) is 23.2 Å². The fourth-order valence-electron chi connectivity index (χ4n) is 3.23. The van der Waals surface area contributed by atoms with Gasteiger partial charge in [0, 0.05) is 47.8 Å². The van der Waals surface area contributed by atoms with Gasteiger partial charge in [0.15, 0.2) is 0 Å². The van der Waals surface area contributed by atoms with Crippen molar-refractivity contribution in [2.75, 3.05) is 30.7 Å². The number of hydrogen-bond acceptors (Lipinski definition) is 4. The van der Waals surface area contributed by atoms with Crippen LogP contribution in [0.3, 0.4) is 0 Å². The maximum absolute atomic E-state index is 14.4. The summed E-state index contributed by atoms with van der Waals surface area (Å²) in [6, 6.07) is 17.6. The van der Waals surface area contributed by atoms with E-state index in [2.05, 4.69) is 5.32 Å². The molecule has 3 rings (SSSR count). The molecule has 0 aliphatic heterocycles. The number of para-hydroxylation sites is 1. The predicted molar refractivity (Wildman–Crippen MR) is 147 cm³/mol. The fraction of sp³-hybridized carbons (Fsp3) is 0.240. The largest absolute Gasteiger partial charge is 0.351 e. The van der Waals surface area contributed by atoms with Crippen LogP contribution in [0.15, 0.2) is 66.7 Å². The molecule has 36 heavy (non-hydrogen) atoms. The molecular weight excluding hydrogens is 544 g/mol. The molecule has 0 spiro atoms. The number of carbonyl (C=O) groups is 1. The Bertz CT molecular complexity index is 1310. The van der Waals surface area contributed by atoms with Crippen molar-refractivity contribution < 1.29 is 17.6 Å². The van der Waals surface area contributed by atoms with Crippen molar-refractivity contribution >= 4 is 56.8 Å². The Kier molecular flexibility index (Phi) is 10.0. The highest BCUT2D eigenvalue weighted by molar-refractivity contribution is 7.98. The van der Waals surface area contributed by atoms with E-state index in [9.17, 15) is 17.6 Å². The van der Waals surface area contributed by atoms with E-state index in [0.29, 0.717) is 39.2 Å². The number of carbonyl (C=O) groups excluding carboxylic acids is 1. The highest BCUT2D eigenvalue weighted by atomic mass is 35.5. The lowest BCUT2D eigenvalue weighted by atomic mass is 10.1. The number of halogens is 3. The first-order valence-electron chi connectivity index (χ1n) is 10.9. The summed E-state index contributed by atoms with van der Waals surface area (Å²) in [7, 11) is -1.18. The van der Waals surface area contributed by atoms with E-state index in [-0.39, 0.29) is 18.1 Å². The molecule has 0 atom stereocenters. The predicted octanol–water partition coefficient (Wildman–Crippen LogP) is 5.61. The molecule has 0 heterocycles. The number of amides is 1. The SMILES string of the molecule is CN(C)S(=O)(=O)N(Cc1ccc(C(=O)NCCSCc2ccc(Cl)cc2Cl)cc1)c1ccccc1F. The standard InChI is InChI=1S/C25H26Cl2FN3O3S2/c1-30(2)36(33,34)31(24-6-4-3-5-23(24)28)16-18-7-9-19(10-8-18)25(32)29-13-14-35-17-20-11-12-21(26)15-22(20)27/h3-12,15H,13-14,16-17H2,1-2H3,(H,29,32). The van der Waals surface area contributed by atoms with E-state index in [1.165, 1.54) is 32.3 Å². The number of nitrogens with zero attached hydrogens (tertiary/aromatic N) is 2. The summed E-state index contributed by atoms with van der Waals surface area (Å²) >= 11 is 13.7. The average molecular weight is 571 g/mol. The second kappa shape index (κ2) is 12.8. The van der Waals surface area contributed by atoms with Gasteiger partial charge in [-0.3, -0.25) is 9.10 Å². The van der Waals surface area contributed by atoms with E-state index < -0.39 is 16.0 Å². The minimum Gasteiger partial charge on any atom is -0.351 e. The van der Waals surface area contributed by atoms with Gasteiger partial charge in [-0.15, -0.1) is 0 Å². The zero-order valence-electron chi connectivity index (χ0n) is 19.7. The smallest absolute Gasteiger partial charge is 0.303 e. The minimum atomic E-state index is -3.95. The third-order valence-electron chi connectivity index (χ3n) is 5.21. The summed E-state index contributed by atoms with van der Waals surface area (Å²) in [5.41, 5.74) is 1.98. The summed E-state index contributed by atoms with van der Waals surface area (Å²) in [5.74, 6) is 0.520. The first-order valence-corrected chi connectivity index (χ1v) is 14.2. The van der Waals surface area contributed by atoms with E-state index in [1.807, 2.05) is 6.07 Å². The van der Waals surface area contributed by atoms with Crippen LogP contribution in [0.5, 0.6) is 0 Å². The van der Waals surface area contributed by atoms with Crippen molar-refractivity contribution in [3.63, 3.8) is 0 Å². The van der Waals surface area contributed by atoms with Crippen molar-refractivity contribution in [2.45, 2.75) is 12.3 Å². The van der Waals surface area contributed by atoms with E-state index in [0.717, 1.165) is 14.2 Å². The van der Waals surface area contributed by atoms with Gasteiger partial charge < -0.3 is 5.32 Å². The summed E-state index contributed by atoms with van der Waals surface area (Å²) in [6.45, 7) is 0.381. The first kappa shape index (κ1) is 28.3. The molecule has 11 heteroatoms. The van der Waals surface area contributed by atoms with Crippen molar-refractivity contribution in [3.8, 4) is 0 Å². The van der Waals surface area contributed by atoms with Crippen LogP contribution in [0.2, 0.25) is 10.0 Å². The van der Waals surface area contributed by atoms with Gasteiger partial charge in [-0.2, -0.15) is 24.5 Å². The highest BCUT2D eigenvalue weighted by Gasteiger charge is 2.27. The Morgan fingerprint density at radius 3 is 2.36 bits per heavy atom. The molecule has 0 saturated heterocycles. The number of anilines is 1. The molecule has 1 N–H and O–H groups in total. The Balaban J connectivity index is 1.58. The molecule has 0 aromatic heterocycles. The Morgan fingerprint density at radius 1 is 1.03 bits per heavy atom. The molecular formula is C25H26Cl2FN3O3S2. The number of nitrogens with one attached hydrogen (secondary N) is 1. The molecule has 0 aliphatic carbocycles. The normalized spacial score (nSPS) is 11.5. The lowest BCUT2D eigenvalue weighted by molar-refractivity contribution is 0.0956. The van der Waals surface area contributed by atoms with Crippen molar-refractivity contribution in [2.24, 2.45) is 0 Å². The summed E-state index contributed by atoms with van der Waals surface area (Å²) in [4.78, 5) is 12.5. The third-order valence-corrected chi connectivity index (χ3v) is 8.61. The van der Waals surface area contributed by atoms with Crippen molar-refractivity contribution in [1.29, 1.82) is 0 Å². The summed E-state index contributed by atoms with van der Waals surface area (Å²) < 4.78 is 42.2. The topological polar surface area (TPSA) is 69.7 Å². The molecule has 0 aliphatic rings. The molecule has 0 radical (unpaired) electrons. The molecule has 3 aromatic rings. The quantitative estimate of drug-likeness (QED) is 0.305. The van der Waals surface area contributed by atoms with Crippen LogP contribution in [0.4, 0.5) is 10.1 Å². The van der Waals surface area contributed by atoms with Crippen LogP contribution >= 0.6 is 35.0 Å². The van der Waals surface area contributed by atoms with Crippen LogP contribution in [-0.4, -0.2) is 45.0 Å². The van der Waals surface area contributed by atoms with Gasteiger partial charge >= 0.3 is 10.2 Å². The van der Waals surface area contributed by atoms with Crippen molar-refractivity contribution in [3.05, 3.63) is 99.3 Å². The van der Waals surface area contributed by atoms with Gasteiger partial charge in [-0.05, 0) is 47.5 Å². The molecule has 0 unspecified atom stereocenters. The van der Waals surface area contributed by atoms with Crippen LogP contribution < -0.4 is 9.62 Å². The van der Waals surface area contributed by atoms with E-state index in [1.54, 1.807) is 54.2 Å². The monoisotopic (exact) mass is 569 g/mol. The lowest BCUT2D eigenvalue weighted by Gasteiger charge is -2.27. The lowest BCUT2D eigenvalue weighted by Crippen LogP contribution is -2.40. The number of benzene rings is 3. The zero-order valence-corrected chi connectivity index (χ0v) is 22.9. The highest BCUT2D eigenvalue weighted by Crippen LogP contribution is 2.26. The minimum absolute atomic E-state index is 0.0505. The van der Waals surface area contributed by atoms with Gasteiger partial charge in [0.1, 0.15) is 5.82 Å². The van der Waals surface area contributed by atoms with Gasteiger partial charge in [-0.1, -0.05) is 53.5 Å². The van der Waals surface area contributed by atoms with Gasteiger partial charge in [0.25, 0.3) is 5.91 Å². The zero-order chi connectivity index (χ0) is 26.3. The summed E-state index contributed by atoms with van der Waals surface area (Å²) in [5, 5.41) is 4.07. The van der Waals surface area contributed by atoms with Gasteiger partial charge in [-0.25, -0.2) is 4.39 Å². The molecule has 3 aromatic carbocycles. The third kappa shape index (κ3) is 7.36. The molecule has 0 fully saturated rings. The Morgan fingerprint density at radius 2 is 1.72 bits per heavy atom. The summed E-state index contributed by atoms with van der Waals surface area (Å²) in [6.07, 6.45) is 0. The molecule has 192 valence electrons. The van der Waals surface area contributed by atoms with Gasteiger partial charge in [0.05, 0.1) is 12.2 Å². The van der Waals surface area contributed by atoms with Crippen LogP contribution in [-0.2, 0) is 22.5 Å². The van der Waals surface area contributed by atoms with Crippen LogP contribution in [0.1, 0.15) is 21.5 Å². The number of hydrogen-bond donors (Lipinski definition) is 1. The van der Waals surface area contributed by atoms with Crippen LogP contribution in [0, 0.1) is 5.82 Å². The molecule has 0 bridgehead atoms. The molecule has 1 amide bonds. The maximum Gasteiger partial charge on any atom is 0.303 e. The van der Waals surface area contributed by atoms with E-state index >= 15 is 0 Å². The van der Waals surface area contributed by atoms with Crippen molar-refractivity contribution in [1.82, 2.24) is 9.62 Å². The Hall–Kier alpha value is -2.30. The average Bonchev–Trinajstić information content (AvgIpc) is 2.84. The fourth-order valence-corrected chi connectivity index (χ4v) is 5.75. The Labute approximate surface area is 225 Å². The second-order valence-corrected chi connectivity index (χ2v) is 12.0. The first-order chi connectivity index (χ1) is 17.1. The molecule has 0 saturated carbocycles.